The van der Waals surface area contributed by atoms with Gasteiger partial charge >= 0.3 is 0 Å². The number of piperazine rings is 1. The zero-order chi connectivity index (χ0) is 16.9. The molecule has 0 amide bonds. The molecule has 4 nitrogen and oxygen atoms in total. The zero-order valence-electron chi connectivity index (χ0n) is 13.8. The largest absolute Gasteiger partial charge is 0.381 e. The summed E-state index contributed by atoms with van der Waals surface area (Å²) >= 11 is 3.44. The average Bonchev–Trinajstić information content (AvgIpc) is 2.61. The Kier molecular flexibility index (Phi) is 5.39. The van der Waals surface area contributed by atoms with E-state index in [1.807, 2.05) is 30.3 Å². The van der Waals surface area contributed by atoms with Crippen molar-refractivity contribution in [2.24, 2.45) is 0 Å². The lowest BCUT2D eigenvalue weighted by molar-refractivity contribution is 0.313. The van der Waals surface area contributed by atoms with Crippen molar-refractivity contribution < 1.29 is 0 Å². The Labute approximate surface area is 151 Å². The Hall–Kier alpha value is -2.03. The van der Waals surface area contributed by atoms with Crippen molar-refractivity contribution in [3.63, 3.8) is 0 Å². The van der Waals surface area contributed by atoms with E-state index in [1.54, 1.807) is 0 Å². The van der Waals surface area contributed by atoms with Crippen LogP contribution in [-0.4, -0.2) is 38.1 Å². The summed E-state index contributed by atoms with van der Waals surface area (Å²) in [6, 6.07) is 16.5. The standard InChI is InChI=1S/C19H21BrN4/c1-23-8-10-24(11-9-23)19-7-2-15(13-21)16(12-19)14-22-18-5-3-17(20)4-6-18/h2-7,12,22H,8-11,14H2,1H3. The van der Waals surface area contributed by atoms with Crippen LogP contribution in [0.2, 0.25) is 0 Å². The third-order valence-electron chi connectivity index (χ3n) is 4.40. The van der Waals surface area contributed by atoms with Crippen LogP contribution in [-0.2, 0) is 6.54 Å². The lowest BCUT2D eigenvalue weighted by atomic mass is 10.1. The average molecular weight is 385 g/mol. The Bertz CT molecular complexity index is 728. The number of rotatable bonds is 4. The predicted octanol–water partition coefficient (Wildman–Crippen LogP) is 3.68. The lowest BCUT2D eigenvalue weighted by Gasteiger charge is -2.34. The van der Waals surface area contributed by atoms with E-state index in [4.69, 9.17) is 0 Å². The van der Waals surface area contributed by atoms with Gasteiger partial charge in [0.05, 0.1) is 11.6 Å². The minimum Gasteiger partial charge on any atom is -0.381 e. The number of likely N-dealkylation sites (N-methyl/N-ethyl adjacent to an activating group) is 1. The van der Waals surface area contributed by atoms with Crippen molar-refractivity contribution in [2.75, 3.05) is 43.4 Å². The Morgan fingerprint density at radius 2 is 1.79 bits per heavy atom. The van der Waals surface area contributed by atoms with Gasteiger partial charge in [0.25, 0.3) is 0 Å². The summed E-state index contributed by atoms with van der Waals surface area (Å²) in [6.07, 6.45) is 0. The van der Waals surface area contributed by atoms with Crippen molar-refractivity contribution in [3.8, 4) is 6.07 Å². The van der Waals surface area contributed by atoms with Gasteiger partial charge in [-0.2, -0.15) is 5.26 Å². The van der Waals surface area contributed by atoms with Gasteiger partial charge in [-0.3, -0.25) is 0 Å². The van der Waals surface area contributed by atoms with E-state index < -0.39 is 0 Å². The predicted molar refractivity (Wildman–Crippen MR) is 102 cm³/mol. The van der Waals surface area contributed by atoms with Gasteiger partial charge in [0.2, 0.25) is 0 Å². The van der Waals surface area contributed by atoms with Crippen LogP contribution in [0, 0.1) is 11.3 Å². The summed E-state index contributed by atoms with van der Waals surface area (Å²) in [7, 11) is 2.16. The number of hydrogen-bond acceptors (Lipinski definition) is 4. The summed E-state index contributed by atoms with van der Waals surface area (Å²) in [6.45, 7) is 4.86. The van der Waals surface area contributed by atoms with Gasteiger partial charge < -0.3 is 15.1 Å². The minimum atomic E-state index is 0.645. The molecular formula is C19H21BrN4. The summed E-state index contributed by atoms with van der Waals surface area (Å²) in [5.74, 6) is 0. The number of nitrogens with one attached hydrogen (secondary N) is 1. The number of nitrogens with zero attached hydrogens (tertiary/aromatic N) is 3. The summed E-state index contributed by atoms with van der Waals surface area (Å²) < 4.78 is 1.06. The first-order valence-electron chi connectivity index (χ1n) is 8.11. The summed E-state index contributed by atoms with van der Waals surface area (Å²) in [5, 5.41) is 12.8. The van der Waals surface area contributed by atoms with Gasteiger partial charge in [0, 0.05) is 48.6 Å². The van der Waals surface area contributed by atoms with Gasteiger partial charge in [0.15, 0.2) is 0 Å². The Morgan fingerprint density at radius 3 is 2.46 bits per heavy atom. The fourth-order valence-corrected chi connectivity index (χ4v) is 3.13. The van der Waals surface area contributed by atoms with Crippen LogP contribution in [0.15, 0.2) is 46.9 Å². The van der Waals surface area contributed by atoms with Gasteiger partial charge in [0.1, 0.15) is 0 Å². The van der Waals surface area contributed by atoms with E-state index in [1.165, 1.54) is 5.69 Å². The van der Waals surface area contributed by atoms with Crippen LogP contribution in [0.25, 0.3) is 0 Å². The molecule has 124 valence electrons. The maximum Gasteiger partial charge on any atom is 0.0995 e. The van der Waals surface area contributed by atoms with Crippen molar-refractivity contribution in [2.45, 2.75) is 6.54 Å². The molecule has 1 fully saturated rings. The first-order valence-corrected chi connectivity index (χ1v) is 8.91. The van der Waals surface area contributed by atoms with E-state index in [9.17, 15) is 5.26 Å². The third kappa shape index (κ3) is 4.08. The molecule has 2 aromatic rings. The molecule has 0 aliphatic carbocycles. The molecule has 0 saturated carbocycles. The summed E-state index contributed by atoms with van der Waals surface area (Å²) in [5.41, 5.74) is 4.02. The molecule has 1 aliphatic rings. The fraction of sp³-hybridized carbons (Fsp3) is 0.316. The first kappa shape index (κ1) is 16.8. The maximum absolute atomic E-state index is 9.38. The van der Waals surface area contributed by atoms with Gasteiger partial charge in [-0.1, -0.05) is 15.9 Å². The molecule has 1 saturated heterocycles. The number of benzene rings is 2. The number of nitriles is 1. The van der Waals surface area contributed by atoms with E-state index in [0.29, 0.717) is 6.54 Å². The minimum absolute atomic E-state index is 0.645. The van der Waals surface area contributed by atoms with Crippen molar-refractivity contribution in [1.82, 2.24) is 4.90 Å². The lowest BCUT2D eigenvalue weighted by Crippen LogP contribution is -2.44. The normalized spacial score (nSPS) is 15.1. The first-order chi connectivity index (χ1) is 11.7. The van der Waals surface area contributed by atoms with Gasteiger partial charge in [-0.25, -0.2) is 0 Å². The summed E-state index contributed by atoms with van der Waals surface area (Å²) in [4.78, 5) is 4.74. The smallest absolute Gasteiger partial charge is 0.0995 e. The molecule has 24 heavy (non-hydrogen) atoms. The molecule has 1 aliphatic heterocycles. The highest BCUT2D eigenvalue weighted by atomic mass is 79.9. The van der Waals surface area contributed by atoms with E-state index in [-0.39, 0.29) is 0 Å². The molecule has 1 N–H and O–H groups in total. The third-order valence-corrected chi connectivity index (χ3v) is 4.93. The van der Waals surface area contributed by atoms with Gasteiger partial charge in [-0.15, -0.1) is 0 Å². The molecule has 1 heterocycles. The van der Waals surface area contributed by atoms with Crippen LogP contribution in [0.4, 0.5) is 11.4 Å². The molecule has 5 heteroatoms. The maximum atomic E-state index is 9.38. The monoisotopic (exact) mass is 384 g/mol. The molecular weight excluding hydrogens is 364 g/mol. The Morgan fingerprint density at radius 1 is 1.08 bits per heavy atom. The molecule has 0 bridgehead atoms. The van der Waals surface area contributed by atoms with Crippen LogP contribution in [0.3, 0.4) is 0 Å². The van der Waals surface area contributed by atoms with Crippen molar-refractivity contribution in [3.05, 3.63) is 58.1 Å². The fourth-order valence-electron chi connectivity index (χ4n) is 2.86. The Balaban J connectivity index is 1.74. The van der Waals surface area contributed by atoms with Crippen molar-refractivity contribution >= 4 is 27.3 Å². The SMILES string of the molecule is CN1CCN(c2ccc(C#N)c(CNc3ccc(Br)cc3)c2)CC1. The topological polar surface area (TPSA) is 42.3 Å². The molecule has 0 aromatic heterocycles. The van der Waals surface area contributed by atoms with Crippen LogP contribution in [0.5, 0.6) is 0 Å². The molecule has 3 rings (SSSR count). The zero-order valence-corrected chi connectivity index (χ0v) is 15.4. The van der Waals surface area contributed by atoms with Crippen LogP contribution >= 0.6 is 15.9 Å². The van der Waals surface area contributed by atoms with Crippen LogP contribution in [0.1, 0.15) is 11.1 Å². The second kappa shape index (κ2) is 7.69. The molecule has 0 spiro atoms. The highest BCUT2D eigenvalue weighted by molar-refractivity contribution is 9.10. The van der Waals surface area contributed by atoms with E-state index in [2.05, 4.69) is 56.3 Å². The molecule has 2 aromatic carbocycles. The molecule has 0 unspecified atom stereocenters. The second-order valence-corrected chi connectivity index (χ2v) is 7.02. The number of anilines is 2. The second-order valence-electron chi connectivity index (χ2n) is 6.10. The number of hydrogen-bond donors (Lipinski definition) is 1. The highest BCUT2D eigenvalue weighted by Crippen LogP contribution is 2.22. The van der Waals surface area contributed by atoms with Crippen LogP contribution < -0.4 is 10.2 Å². The highest BCUT2D eigenvalue weighted by Gasteiger charge is 2.15. The van der Waals surface area contributed by atoms with Gasteiger partial charge in [-0.05, 0) is 55.1 Å². The molecule has 0 atom stereocenters. The van der Waals surface area contributed by atoms with E-state index in [0.717, 1.165) is 47.5 Å². The quantitative estimate of drug-likeness (QED) is 0.872. The van der Waals surface area contributed by atoms with Crippen molar-refractivity contribution in [1.29, 1.82) is 5.26 Å². The molecule has 0 radical (unpaired) electrons. The van der Waals surface area contributed by atoms with E-state index >= 15 is 0 Å². The number of halogens is 1.